The van der Waals surface area contributed by atoms with Gasteiger partial charge in [-0.1, -0.05) is 12.1 Å². The number of thiophene rings is 1. The molecule has 0 bridgehead atoms. The van der Waals surface area contributed by atoms with E-state index in [1.165, 1.54) is 17.5 Å². The van der Waals surface area contributed by atoms with E-state index in [-0.39, 0.29) is 5.91 Å². The van der Waals surface area contributed by atoms with Gasteiger partial charge in [-0.15, -0.1) is 11.3 Å². The van der Waals surface area contributed by atoms with Gasteiger partial charge in [-0.05, 0) is 54.6 Å². The molecule has 0 saturated heterocycles. The first-order valence-electron chi connectivity index (χ1n) is 8.47. The van der Waals surface area contributed by atoms with Crippen molar-refractivity contribution in [3.8, 4) is 0 Å². The smallest absolute Gasteiger partial charge is 0.240 e. The van der Waals surface area contributed by atoms with Gasteiger partial charge >= 0.3 is 0 Å². The fraction of sp³-hybridized carbons (Fsp3) is 0.389. The molecule has 6 nitrogen and oxygen atoms in total. The Kier molecular flexibility index (Phi) is 5.76. The maximum atomic E-state index is 12.2. The topological polar surface area (TPSA) is 78.5 Å². The van der Waals surface area contributed by atoms with Crippen LogP contribution in [0.4, 0.5) is 0 Å². The number of hydrogen-bond acceptors (Lipinski definition) is 5. The number of hydrogen-bond donors (Lipinski definition) is 2. The molecule has 8 heteroatoms. The molecular formula is C18H23N3O3S2. The van der Waals surface area contributed by atoms with Crippen molar-refractivity contribution in [2.75, 3.05) is 20.1 Å². The lowest BCUT2D eigenvalue weighted by Gasteiger charge is -2.29. The summed E-state index contributed by atoms with van der Waals surface area (Å²) in [6.07, 6.45) is 0.615. The molecule has 2 aromatic rings. The van der Waals surface area contributed by atoms with E-state index in [4.69, 9.17) is 0 Å². The van der Waals surface area contributed by atoms with E-state index in [9.17, 15) is 13.2 Å². The van der Waals surface area contributed by atoms with Gasteiger partial charge in [-0.2, -0.15) is 0 Å². The van der Waals surface area contributed by atoms with Crippen LogP contribution < -0.4 is 10.0 Å². The van der Waals surface area contributed by atoms with Crippen molar-refractivity contribution in [1.82, 2.24) is 14.9 Å². The molecule has 1 amide bonds. The molecule has 1 aliphatic rings. The Labute approximate surface area is 158 Å². The average Bonchev–Trinajstić information content (AvgIpc) is 3.04. The number of nitrogens with zero attached hydrogens (tertiary/aromatic N) is 1. The molecule has 0 unspecified atom stereocenters. The first-order valence-corrected chi connectivity index (χ1v) is 10.8. The number of amides is 1. The minimum atomic E-state index is -3.46. The number of rotatable bonds is 6. The van der Waals surface area contributed by atoms with Crippen molar-refractivity contribution < 1.29 is 13.2 Å². The van der Waals surface area contributed by atoms with Crippen LogP contribution in [0.15, 0.2) is 34.5 Å². The van der Waals surface area contributed by atoms with Gasteiger partial charge in [-0.25, -0.2) is 13.1 Å². The zero-order valence-electron chi connectivity index (χ0n) is 14.9. The lowest BCUT2D eigenvalue weighted by Crippen LogP contribution is -2.40. The first kappa shape index (κ1) is 19.0. The van der Waals surface area contributed by atoms with E-state index in [1.807, 2.05) is 24.4 Å². The van der Waals surface area contributed by atoms with Crippen molar-refractivity contribution in [3.05, 3.63) is 51.2 Å². The van der Waals surface area contributed by atoms with Crippen LogP contribution in [0.5, 0.6) is 0 Å². The van der Waals surface area contributed by atoms with Crippen LogP contribution in [0.2, 0.25) is 0 Å². The van der Waals surface area contributed by atoms with Crippen LogP contribution in [0, 0.1) is 6.92 Å². The molecule has 26 heavy (non-hydrogen) atoms. The van der Waals surface area contributed by atoms with Gasteiger partial charge in [0.25, 0.3) is 0 Å². The maximum Gasteiger partial charge on any atom is 0.240 e. The summed E-state index contributed by atoms with van der Waals surface area (Å²) in [6.45, 7) is 4.14. The Morgan fingerprint density at radius 2 is 2.12 bits per heavy atom. The van der Waals surface area contributed by atoms with E-state index in [0.717, 1.165) is 11.1 Å². The van der Waals surface area contributed by atoms with E-state index >= 15 is 0 Å². The number of benzene rings is 1. The highest BCUT2D eigenvalue weighted by Gasteiger charge is 2.24. The van der Waals surface area contributed by atoms with Gasteiger partial charge in [0.05, 0.1) is 18.0 Å². The highest BCUT2D eigenvalue weighted by molar-refractivity contribution is 7.89. The molecule has 0 saturated carbocycles. The molecule has 0 aliphatic carbocycles. The molecule has 1 aliphatic heterocycles. The van der Waals surface area contributed by atoms with Gasteiger partial charge in [0, 0.05) is 18.0 Å². The number of aryl methyl sites for hydroxylation is 1. The fourth-order valence-electron chi connectivity index (χ4n) is 3.15. The Morgan fingerprint density at radius 3 is 2.81 bits per heavy atom. The van der Waals surface area contributed by atoms with Crippen LogP contribution in [0.1, 0.15) is 21.6 Å². The summed E-state index contributed by atoms with van der Waals surface area (Å²) in [5, 5.41) is 4.99. The summed E-state index contributed by atoms with van der Waals surface area (Å²) < 4.78 is 26.7. The third-order valence-electron chi connectivity index (χ3n) is 4.64. The highest BCUT2D eigenvalue weighted by Crippen LogP contribution is 2.25. The average molecular weight is 394 g/mol. The fourth-order valence-corrected chi connectivity index (χ4v) is 5.03. The molecule has 0 spiro atoms. The zero-order valence-corrected chi connectivity index (χ0v) is 16.5. The van der Waals surface area contributed by atoms with E-state index < -0.39 is 10.0 Å². The van der Waals surface area contributed by atoms with Crippen molar-refractivity contribution in [1.29, 1.82) is 0 Å². The summed E-state index contributed by atoms with van der Waals surface area (Å²) >= 11 is 1.64. The maximum absolute atomic E-state index is 12.2. The summed E-state index contributed by atoms with van der Waals surface area (Å²) in [4.78, 5) is 15.8. The minimum absolute atomic E-state index is 0.0137. The Morgan fingerprint density at radius 1 is 1.31 bits per heavy atom. The van der Waals surface area contributed by atoms with Crippen LogP contribution in [0.3, 0.4) is 0 Å². The van der Waals surface area contributed by atoms with Crippen LogP contribution in [-0.4, -0.2) is 39.4 Å². The molecule has 1 aromatic carbocycles. The zero-order chi connectivity index (χ0) is 18.7. The summed E-state index contributed by atoms with van der Waals surface area (Å²) in [5.41, 5.74) is 3.02. The third-order valence-corrected chi connectivity index (χ3v) is 7.16. The second-order valence-electron chi connectivity index (χ2n) is 6.37. The number of fused-ring (bicyclic) bond motifs is 1. The summed E-state index contributed by atoms with van der Waals surface area (Å²) in [7, 11) is -2.04. The predicted molar refractivity (Wildman–Crippen MR) is 103 cm³/mol. The quantitative estimate of drug-likeness (QED) is 0.782. The summed E-state index contributed by atoms with van der Waals surface area (Å²) in [5.74, 6) is -0.0137. The van der Waals surface area contributed by atoms with Gasteiger partial charge < -0.3 is 5.32 Å². The lowest BCUT2D eigenvalue weighted by atomic mass is 10.00. The molecule has 140 valence electrons. The molecule has 3 rings (SSSR count). The van der Waals surface area contributed by atoms with Crippen molar-refractivity contribution in [2.24, 2.45) is 0 Å². The number of sulfonamides is 1. The second-order valence-corrected chi connectivity index (χ2v) is 9.22. The lowest BCUT2D eigenvalue weighted by molar-refractivity contribution is -0.122. The number of nitrogens with one attached hydrogen (secondary N) is 2. The minimum Gasteiger partial charge on any atom is -0.350 e. The summed E-state index contributed by atoms with van der Waals surface area (Å²) in [6, 6.07) is 7.37. The van der Waals surface area contributed by atoms with Crippen molar-refractivity contribution >= 4 is 27.3 Å². The standard InChI is InChI=1S/C18H23N3O3S2/c1-13-7-9-25-16(13)10-20-18(22)12-21-8-6-15-14(11-21)4-3-5-17(15)26(23,24)19-2/h3-5,7,9,19H,6,8,10-12H2,1-2H3,(H,20,22). The third kappa shape index (κ3) is 4.15. The van der Waals surface area contributed by atoms with Gasteiger partial charge in [0.15, 0.2) is 0 Å². The van der Waals surface area contributed by atoms with E-state index in [2.05, 4.69) is 14.9 Å². The normalized spacial score (nSPS) is 14.8. The first-order chi connectivity index (χ1) is 12.4. The van der Waals surface area contributed by atoms with Crippen LogP contribution >= 0.6 is 11.3 Å². The van der Waals surface area contributed by atoms with Gasteiger partial charge in [0.1, 0.15) is 0 Å². The Bertz CT molecular complexity index is 906. The largest absolute Gasteiger partial charge is 0.350 e. The van der Waals surface area contributed by atoms with E-state index in [1.54, 1.807) is 23.5 Å². The monoisotopic (exact) mass is 393 g/mol. The number of carbonyl (C=O) groups is 1. The molecule has 0 atom stereocenters. The molecule has 0 radical (unpaired) electrons. The van der Waals surface area contributed by atoms with Gasteiger partial charge in [-0.3, -0.25) is 9.69 Å². The van der Waals surface area contributed by atoms with Crippen LogP contribution in [-0.2, 0) is 34.3 Å². The number of carbonyl (C=O) groups excluding carboxylic acids is 1. The Balaban J connectivity index is 1.63. The van der Waals surface area contributed by atoms with Crippen LogP contribution in [0.25, 0.3) is 0 Å². The molecule has 0 fully saturated rings. The molecule has 2 N–H and O–H groups in total. The molecule has 1 aromatic heterocycles. The Hall–Kier alpha value is -1.74. The second kappa shape index (κ2) is 7.87. The predicted octanol–water partition coefficient (Wildman–Crippen LogP) is 1.64. The van der Waals surface area contributed by atoms with Gasteiger partial charge in [0.2, 0.25) is 15.9 Å². The molecule has 2 heterocycles. The van der Waals surface area contributed by atoms with Crippen molar-refractivity contribution in [3.63, 3.8) is 0 Å². The highest BCUT2D eigenvalue weighted by atomic mass is 32.2. The van der Waals surface area contributed by atoms with E-state index in [0.29, 0.717) is 37.5 Å². The SMILES string of the molecule is CNS(=O)(=O)c1cccc2c1CCN(CC(=O)NCc1sccc1C)C2. The molecular weight excluding hydrogens is 370 g/mol. The van der Waals surface area contributed by atoms with Crippen molar-refractivity contribution in [2.45, 2.75) is 31.3 Å².